The second kappa shape index (κ2) is 34.2. The summed E-state index contributed by atoms with van der Waals surface area (Å²) in [6, 6.07) is 1.24. The second-order valence-electron chi connectivity index (χ2n) is 17.5. The average Bonchev–Trinajstić information content (AvgIpc) is 3.54. The molecular formula is C46H79N3O16P2. The summed E-state index contributed by atoms with van der Waals surface area (Å²) >= 11 is 0. The van der Waals surface area contributed by atoms with Crippen LogP contribution in [-0.4, -0.2) is 91.5 Å². The van der Waals surface area contributed by atoms with E-state index in [4.69, 9.17) is 29.0 Å². The van der Waals surface area contributed by atoms with Crippen LogP contribution in [0.25, 0.3) is 0 Å². The van der Waals surface area contributed by atoms with Crippen molar-refractivity contribution in [1.82, 2.24) is 9.55 Å². The molecule has 1 aromatic heterocycles. The minimum atomic E-state index is -5.43. The summed E-state index contributed by atoms with van der Waals surface area (Å²) in [6.07, 6.45) is 21.2. The van der Waals surface area contributed by atoms with Crippen molar-refractivity contribution in [3.05, 3.63) is 47.1 Å². The van der Waals surface area contributed by atoms with Gasteiger partial charge in [-0.25, -0.2) is 13.9 Å². The fourth-order valence-electron chi connectivity index (χ4n) is 7.13. The maximum atomic E-state index is 12.8. The van der Waals surface area contributed by atoms with E-state index in [-0.39, 0.29) is 24.4 Å². The van der Waals surface area contributed by atoms with Gasteiger partial charge in [-0.15, -0.1) is 0 Å². The number of rotatable bonds is 39. The largest absolute Gasteiger partial charge is 0.481 e. The van der Waals surface area contributed by atoms with Gasteiger partial charge in [0.1, 0.15) is 30.7 Å². The number of aliphatic hydroxyl groups is 2. The van der Waals surface area contributed by atoms with Crippen molar-refractivity contribution in [2.45, 2.75) is 199 Å². The van der Waals surface area contributed by atoms with Crippen LogP contribution in [0.4, 0.5) is 5.82 Å². The van der Waals surface area contributed by atoms with Gasteiger partial charge in [0, 0.05) is 25.5 Å². The zero-order valence-electron chi connectivity index (χ0n) is 39.9. The van der Waals surface area contributed by atoms with Crippen molar-refractivity contribution in [2.24, 2.45) is 5.92 Å². The predicted octanol–water partition coefficient (Wildman–Crippen LogP) is 8.48. The lowest BCUT2D eigenvalue weighted by Gasteiger charge is -2.21. The minimum Gasteiger partial charge on any atom is -0.462 e. The van der Waals surface area contributed by atoms with Gasteiger partial charge >= 0.3 is 33.3 Å². The van der Waals surface area contributed by atoms with Crippen molar-refractivity contribution in [3.8, 4) is 0 Å². The van der Waals surface area contributed by atoms with E-state index in [1.807, 2.05) is 12.2 Å². The van der Waals surface area contributed by atoms with Crippen LogP contribution in [0.5, 0.6) is 0 Å². The lowest BCUT2D eigenvalue weighted by atomic mass is 10.0. The summed E-state index contributed by atoms with van der Waals surface area (Å²) in [5.74, 6) is -0.484. The van der Waals surface area contributed by atoms with Crippen molar-refractivity contribution in [1.29, 1.82) is 0 Å². The molecule has 1 aliphatic rings. The number of allylic oxidation sites excluding steroid dienone is 4. The quantitative estimate of drug-likeness (QED) is 0.0136. The fourth-order valence-corrected chi connectivity index (χ4v) is 9.24. The number of anilines is 1. The van der Waals surface area contributed by atoms with Gasteiger partial charge in [0.05, 0.1) is 13.2 Å². The van der Waals surface area contributed by atoms with E-state index in [0.29, 0.717) is 19.3 Å². The van der Waals surface area contributed by atoms with Crippen LogP contribution < -0.4 is 11.4 Å². The standard InChI is InChI=1S/C46H79N3O16P2/c1-4-5-21-27-37(50)28-23-18-14-10-8-12-15-19-24-29-41(51)60-33-38(63-42(52)30-25-20-16-11-7-6-9-13-17-22-26-36(2)3)34-61-66(56,57)65-67(58,59)62-35-39-43(53)44(54)45(64-39)49-32-31-40(47)48-46(49)55/h14,18,23,28,31-32,36,38-39,43-45,53-54H,4-13,15-17,19-22,24-27,29-30,33-35H2,1-3H3,(H,56,57)(H,58,59)(H2,47,48,55)/b18-14-,28-23+/t38-,39-,43-,44-,45-/m1/s1. The highest BCUT2D eigenvalue weighted by molar-refractivity contribution is 7.61. The molecule has 0 radical (unpaired) electrons. The first-order valence-electron chi connectivity index (χ1n) is 24.2. The Morgan fingerprint density at radius 3 is 2.00 bits per heavy atom. The van der Waals surface area contributed by atoms with Crippen LogP contribution in [0, 0.1) is 5.92 Å². The Labute approximate surface area is 396 Å². The predicted molar refractivity (Wildman–Crippen MR) is 252 cm³/mol. The molecule has 0 saturated carbocycles. The monoisotopic (exact) mass is 991 g/mol. The number of carbonyl (C=O) groups is 3. The van der Waals surface area contributed by atoms with Crippen molar-refractivity contribution in [2.75, 3.05) is 25.6 Å². The third kappa shape index (κ3) is 28.2. The van der Waals surface area contributed by atoms with E-state index >= 15 is 0 Å². The number of phosphoric ester groups is 2. The molecule has 2 rings (SSSR count). The van der Waals surface area contributed by atoms with Gasteiger partial charge in [0.25, 0.3) is 0 Å². The summed E-state index contributed by atoms with van der Waals surface area (Å²) in [7, 11) is -10.9. The summed E-state index contributed by atoms with van der Waals surface area (Å²) in [5.41, 5.74) is 4.57. The maximum Gasteiger partial charge on any atom is 0.481 e. The normalized spacial score (nSPS) is 19.8. The Balaban J connectivity index is 1.83. The molecule has 2 heterocycles. The number of ether oxygens (including phenoxy) is 3. The number of phosphoric acid groups is 2. The highest BCUT2D eigenvalue weighted by Gasteiger charge is 2.46. The topological polar surface area (TPSA) is 283 Å². The fraction of sp³-hybridized carbons (Fsp3) is 0.761. The molecule has 0 aromatic carbocycles. The molecule has 384 valence electrons. The summed E-state index contributed by atoms with van der Waals surface area (Å²) in [5, 5.41) is 20.9. The zero-order valence-corrected chi connectivity index (χ0v) is 41.7. The van der Waals surface area contributed by atoms with Crippen LogP contribution >= 0.6 is 15.6 Å². The van der Waals surface area contributed by atoms with Gasteiger partial charge in [-0.2, -0.15) is 9.29 Å². The number of unbranched alkanes of at least 4 members (excludes halogenated alkanes) is 16. The van der Waals surface area contributed by atoms with E-state index in [1.54, 1.807) is 12.2 Å². The molecule has 1 aromatic rings. The molecule has 19 nitrogen and oxygen atoms in total. The van der Waals surface area contributed by atoms with E-state index in [2.05, 4.69) is 30.1 Å². The molecule has 1 saturated heterocycles. The van der Waals surface area contributed by atoms with Crippen molar-refractivity contribution in [3.63, 3.8) is 0 Å². The number of hydrogen-bond donors (Lipinski definition) is 5. The smallest absolute Gasteiger partial charge is 0.462 e. The number of esters is 2. The molecule has 6 N–H and O–H groups in total. The minimum absolute atomic E-state index is 0.0344. The van der Waals surface area contributed by atoms with E-state index < -0.39 is 83.7 Å². The van der Waals surface area contributed by atoms with E-state index in [0.717, 1.165) is 93.7 Å². The third-order valence-corrected chi connectivity index (χ3v) is 13.5. The number of nitrogens with zero attached hydrogens (tertiary/aromatic N) is 2. The SMILES string of the molecule is CCCCCC(=O)/C=C/C=C\CCCCCCCC(=O)OC[C@H](COP(=O)(O)OP(=O)(O)OC[C@H]1O[C@@H](n2ccc(N)nc2=O)[C@H](O)[C@@H]1O)OC(=O)CCCCCCCCCCCCC(C)C. The van der Waals surface area contributed by atoms with Crippen LogP contribution in [-0.2, 0) is 51.1 Å². The number of nitrogen functional groups attached to an aromatic ring is 1. The Morgan fingerprint density at radius 2 is 1.37 bits per heavy atom. The second-order valence-corrected chi connectivity index (χ2v) is 20.5. The number of carbonyl (C=O) groups excluding carboxylic acids is 3. The highest BCUT2D eigenvalue weighted by atomic mass is 31.3. The lowest BCUT2D eigenvalue weighted by Crippen LogP contribution is -2.36. The first-order chi connectivity index (χ1) is 31.9. The molecule has 0 amide bonds. The molecule has 1 fully saturated rings. The number of aliphatic hydroxyl groups excluding tert-OH is 2. The molecule has 1 aliphatic heterocycles. The highest BCUT2D eigenvalue weighted by Crippen LogP contribution is 2.60. The first kappa shape index (κ1) is 60.0. The first-order valence-corrected chi connectivity index (χ1v) is 27.2. The average molecular weight is 992 g/mol. The Morgan fingerprint density at radius 1 is 0.791 bits per heavy atom. The van der Waals surface area contributed by atoms with Crippen molar-refractivity contribution < 1.29 is 71.1 Å². The molecule has 67 heavy (non-hydrogen) atoms. The Hall–Kier alpha value is -3.09. The van der Waals surface area contributed by atoms with Crippen LogP contribution in [0.1, 0.15) is 175 Å². The summed E-state index contributed by atoms with van der Waals surface area (Å²) in [6.45, 7) is 4.23. The van der Waals surface area contributed by atoms with Gasteiger partial charge in [-0.3, -0.25) is 28.0 Å². The van der Waals surface area contributed by atoms with Gasteiger partial charge in [0.15, 0.2) is 18.1 Å². The van der Waals surface area contributed by atoms with E-state index in [9.17, 15) is 48.3 Å². The number of nitrogens with two attached hydrogens (primary N) is 1. The van der Waals surface area contributed by atoms with Crippen LogP contribution in [0.2, 0.25) is 0 Å². The van der Waals surface area contributed by atoms with Gasteiger partial charge in [-0.1, -0.05) is 135 Å². The molecule has 21 heteroatoms. The third-order valence-electron chi connectivity index (χ3n) is 10.9. The van der Waals surface area contributed by atoms with Gasteiger partial charge in [0.2, 0.25) is 0 Å². The lowest BCUT2D eigenvalue weighted by molar-refractivity contribution is -0.161. The molecule has 2 unspecified atom stereocenters. The number of ketones is 1. The van der Waals surface area contributed by atoms with Crippen LogP contribution in [0.3, 0.4) is 0 Å². The van der Waals surface area contributed by atoms with E-state index in [1.165, 1.54) is 44.6 Å². The zero-order chi connectivity index (χ0) is 49.5. The van der Waals surface area contributed by atoms with Gasteiger partial charge < -0.3 is 39.9 Å². The van der Waals surface area contributed by atoms with Gasteiger partial charge in [-0.05, 0) is 50.2 Å². The number of aromatic nitrogens is 2. The maximum absolute atomic E-state index is 12.8. The number of hydrogen-bond acceptors (Lipinski definition) is 16. The Kier molecular flexibility index (Phi) is 30.7. The van der Waals surface area contributed by atoms with Crippen molar-refractivity contribution >= 4 is 39.2 Å². The summed E-state index contributed by atoms with van der Waals surface area (Å²) in [4.78, 5) is 73.6. The molecule has 0 bridgehead atoms. The Bertz CT molecular complexity index is 1790. The molecular weight excluding hydrogens is 912 g/mol. The van der Waals surface area contributed by atoms with Crippen LogP contribution in [0.15, 0.2) is 41.4 Å². The molecule has 7 atom stereocenters. The summed E-state index contributed by atoms with van der Waals surface area (Å²) < 4.78 is 56.6. The molecule has 0 spiro atoms. The molecule has 0 aliphatic carbocycles.